The summed E-state index contributed by atoms with van der Waals surface area (Å²) in [4.78, 5) is 25.0. The summed E-state index contributed by atoms with van der Waals surface area (Å²) >= 11 is 0. The minimum absolute atomic E-state index is 0.0433. The van der Waals surface area contributed by atoms with Crippen LogP contribution in [0.25, 0.3) is 66.0 Å². The lowest BCUT2D eigenvalue weighted by Gasteiger charge is -2.10. The molecule has 644 valence electrons. The fraction of sp³-hybridized carbons (Fsp3) is 0.196. The van der Waals surface area contributed by atoms with Crippen LogP contribution in [0.3, 0.4) is 0 Å². The van der Waals surface area contributed by atoms with Crippen LogP contribution in [0, 0.1) is 33.5 Å². The van der Waals surface area contributed by atoms with Crippen molar-refractivity contribution in [3.8, 4) is 0 Å². The van der Waals surface area contributed by atoms with Crippen LogP contribution in [0.1, 0.15) is 133 Å². The number of nitrogens with zero attached hydrogens (tertiary/aromatic N) is 15. The molecule has 0 aliphatic heterocycles. The molecule has 5 aromatic heterocycles. The minimum Gasteiger partial charge on any atom is -0.409 e. The lowest BCUT2D eigenvalue weighted by Crippen LogP contribution is -2.13. The normalized spacial score (nSPS) is 12.6. The van der Waals surface area contributed by atoms with Gasteiger partial charge < -0.3 is 44.5 Å². The number of azo groups is 4. The molecule has 0 saturated heterocycles. The molecule has 2 saturated carbocycles. The average molecular weight is 1700 g/mol. The van der Waals surface area contributed by atoms with Crippen molar-refractivity contribution < 1.29 is 5.21 Å². The maximum Gasteiger partial charge on any atom is 0.170 e. The van der Waals surface area contributed by atoms with Crippen LogP contribution in [0.4, 0.5) is 51.3 Å². The molecule has 2 aliphatic carbocycles. The Hall–Kier alpha value is -15.7. The minimum atomic E-state index is 0.0433. The van der Waals surface area contributed by atoms with Crippen LogP contribution in [0.2, 0.25) is 0 Å². The highest BCUT2D eigenvalue weighted by molar-refractivity contribution is 6.01. The number of aryl methyl sites for hydroxylation is 3. The Balaban J connectivity index is 0.000000137. The van der Waals surface area contributed by atoms with Gasteiger partial charge in [0.1, 0.15) is 51.9 Å². The number of pyridine rings is 5. The molecule has 2 fully saturated rings. The van der Waals surface area contributed by atoms with Crippen molar-refractivity contribution in [1.82, 2.24) is 29.8 Å². The molecule has 0 unspecified atom stereocenters. The molecule has 0 bridgehead atoms. The van der Waals surface area contributed by atoms with Crippen molar-refractivity contribution in [2.24, 2.45) is 86.6 Å². The fourth-order valence-electron chi connectivity index (χ4n) is 14.1. The van der Waals surface area contributed by atoms with E-state index in [-0.39, 0.29) is 29.2 Å². The van der Waals surface area contributed by atoms with Gasteiger partial charge in [0.05, 0.1) is 45.5 Å². The maximum atomic E-state index is 8.67. The summed E-state index contributed by atoms with van der Waals surface area (Å²) in [6.45, 7) is 3.26. The lowest BCUT2D eigenvalue weighted by atomic mass is 10.0. The van der Waals surface area contributed by atoms with E-state index in [1.807, 2.05) is 195 Å². The Labute approximate surface area is 744 Å². The van der Waals surface area contributed by atoms with Gasteiger partial charge in [-0.15, -0.1) is 20.5 Å². The SMILES string of the molecule is CCCCCc1ncc2ccccc2c1N=Nc1ccc(C(=N)N)cc1.CN(C)CCCCc1ncc2ccccc2c1N=Nc1ccc(C(=N)N)cc1.N/C(=N/O)c1ccc(/C=C/c2c(N)ncc3ccccc23)cc1.N=C(N)c1ccc(N=Nc2c(CC3CC3)ncc3ccccc23)cc1.N=C(N)c1ccc(N=Nc2c(CCC3CC3)ncc3ccccc23)cc1. The molecule has 5 heterocycles. The number of nitrogens with two attached hydrogens (primary N) is 6. The van der Waals surface area contributed by atoms with Crippen LogP contribution in [-0.4, -0.2) is 84.8 Å². The maximum absolute atomic E-state index is 8.67. The molecule has 10 aromatic carbocycles. The predicted molar refractivity (Wildman–Crippen MR) is 520 cm³/mol. The summed E-state index contributed by atoms with van der Waals surface area (Å²) in [5, 5.41) is 87.9. The van der Waals surface area contributed by atoms with Crippen molar-refractivity contribution in [2.75, 3.05) is 26.4 Å². The molecule has 17 rings (SSSR count). The van der Waals surface area contributed by atoms with E-state index in [0.29, 0.717) is 33.6 Å². The quantitative estimate of drug-likeness (QED) is 0.00519. The number of oxime groups is 1. The Morgan fingerprint density at radius 2 is 0.688 bits per heavy atom. The van der Waals surface area contributed by atoms with E-state index in [0.717, 1.165) is 197 Å². The van der Waals surface area contributed by atoms with Gasteiger partial charge in [0.15, 0.2) is 5.84 Å². The number of benzene rings is 10. The van der Waals surface area contributed by atoms with E-state index in [1.165, 1.54) is 44.9 Å². The van der Waals surface area contributed by atoms with E-state index in [9.17, 15) is 0 Å². The Kier molecular flexibility index (Phi) is 31.4. The van der Waals surface area contributed by atoms with E-state index >= 15 is 0 Å². The third-order valence-electron chi connectivity index (χ3n) is 21.7. The third-order valence-corrected chi connectivity index (χ3v) is 21.7. The molecule has 26 nitrogen and oxygen atoms in total. The third kappa shape index (κ3) is 25.3. The second-order valence-electron chi connectivity index (χ2n) is 31.6. The number of hydrogen-bond donors (Lipinski definition) is 11. The average Bonchev–Trinajstić information content (AvgIpc) is 0.817. The molecular formula is C102H105N25O. The topological polar surface area (TPSA) is 451 Å². The number of amidine groups is 5. The van der Waals surface area contributed by atoms with Crippen LogP contribution in [0.5, 0.6) is 0 Å². The number of anilines is 1. The van der Waals surface area contributed by atoms with Crippen molar-refractivity contribution in [2.45, 2.75) is 96.8 Å². The van der Waals surface area contributed by atoms with Gasteiger partial charge in [-0.3, -0.25) is 41.6 Å². The first kappa shape index (κ1) is 90.0. The van der Waals surface area contributed by atoms with Crippen LogP contribution in [-0.2, 0) is 25.7 Å². The molecule has 0 spiro atoms. The molecule has 0 radical (unpaired) electrons. The Morgan fingerprint density at radius 3 is 1.04 bits per heavy atom. The molecule has 15 aromatic rings. The summed E-state index contributed by atoms with van der Waals surface area (Å²) in [6, 6.07) is 76.6. The second-order valence-corrected chi connectivity index (χ2v) is 31.6. The lowest BCUT2D eigenvalue weighted by molar-refractivity contribution is 0.318. The summed E-state index contributed by atoms with van der Waals surface area (Å²) in [7, 11) is 4.18. The fourth-order valence-corrected chi connectivity index (χ4v) is 14.1. The predicted octanol–water partition coefficient (Wildman–Crippen LogP) is 23.7. The molecule has 2 aliphatic rings. The molecular weight excluding hydrogens is 1590 g/mol. The number of aromatic nitrogens is 5. The van der Waals surface area contributed by atoms with Gasteiger partial charge in [0.25, 0.3) is 0 Å². The van der Waals surface area contributed by atoms with Crippen molar-refractivity contribution in [3.63, 3.8) is 0 Å². The molecule has 128 heavy (non-hydrogen) atoms. The number of nitrogen functional groups attached to an aromatic ring is 5. The van der Waals surface area contributed by atoms with Gasteiger partial charge in [0, 0.05) is 113 Å². The zero-order chi connectivity index (χ0) is 89.7. The summed E-state index contributed by atoms with van der Waals surface area (Å²) in [5.74, 6) is 2.36. The first-order valence-electron chi connectivity index (χ1n) is 42.8. The Morgan fingerprint density at radius 1 is 0.367 bits per heavy atom. The monoisotopic (exact) mass is 1700 g/mol. The molecule has 26 heteroatoms. The molecule has 0 amide bonds. The number of nitrogens with one attached hydrogen (secondary N) is 4. The summed E-state index contributed by atoms with van der Waals surface area (Å²) in [5.41, 5.74) is 49.1. The zero-order valence-corrected chi connectivity index (χ0v) is 72.0. The van der Waals surface area contributed by atoms with E-state index in [1.54, 1.807) is 66.9 Å². The highest BCUT2D eigenvalue weighted by atomic mass is 16.4. The largest absolute Gasteiger partial charge is 0.409 e. The van der Waals surface area contributed by atoms with E-state index in [4.69, 9.17) is 61.2 Å². The van der Waals surface area contributed by atoms with Gasteiger partial charge in [-0.1, -0.05) is 196 Å². The molecule has 17 N–H and O–H groups in total. The van der Waals surface area contributed by atoms with Crippen LogP contribution >= 0.6 is 0 Å². The first-order chi connectivity index (χ1) is 62.3. The van der Waals surface area contributed by atoms with Gasteiger partial charge in [-0.05, 0) is 205 Å². The van der Waals surface area contributed by atoms with Gasteiger partial charge in [-0.25, -0.2) is 4.98 Å². The molecule has 0 atom stereocenters. The number of unbranched alkanes of at least 4 members (excludes halogenated alkanes) is 3. The zero-order valence-electron chi connectivity index (χ0n) is 72.0. The van der Waals surface area contributed by atoms with E-state index < -0.39 is 0 Å². The van der Waals surface area contributed by atoms with Crippen molar-refractivity contribution in [3.05, 3.63) is 335 Å². The first-order valence-corrected chi connectivity index (χ1v) is 42.8. The smallest absolute Gasteiger partial charge is 0.170 e. The number of fused-ring (bicyclic) bond motifs is 5. The Bertz CT molecular complexity index is 6580. The number of rotatable bonds is 29. The number of hydrogen-bond acceptors (Lipinski definition) is 21. The van der Waals surface area contributed by atoms with Crippen molar-refractivity contribution in [1.29, 1.82) is 21.6 Å². The van der Waals surface area contributed by atoms with Gasteiger partial charge in [0.2, 0.25) is 0 Å². The summed E-state index contributed by atoms with van der Waals surface area (Å²) < 4.78 is 0. The standard InChI is InChI=1S/C22H26N6.C21H21N5.C21H23N5.C20H19N5.C18H16N4O/c1-28(2)14-6-5-9-20-21(19-8-4-3-7-17(19)15-25-20)27-26-18-12-10-16(11-13-18)22(23)24;22-21(23)15-8-10-17(11-9-15)25-26-20-18-4-2-1-3-16(18)13-24-19(20)12-7-14-5-6-14;1-2-3-4-9-19-20(18-8-6-5-7-16(18)14-24-19)26-25-17-12-10-15(11-13-17)21(22)23;21-20(22)14-7-9-16(10-8-14)24-25-19-17-4-2-1-3-15(17)12-23-18(19)11-13-5-6-13;19-17(22-23)13-8-5-12(6-9-13)7-10-16-15-4-2-1-3-14(15)11-21-18(16)20/h3-4,7-8,10-13,15H,5-6,9,14H2,1-2H3,(H3,23,24);1-4,8-11,13-14H,5-7,12H2,(H3,22,23);5-8,10-14H,2-4,9H2,1H3,(H3,22,23);1-4,7-10,12-13H,5-6,11H2,(H3,21,22);1-11,23H,(H2,19,22)(H2,20,21)/b;;;;10-7+. The van der Waals surface area contributed by atoms with Crippen molar-refractivity contribution >= 4 is 147 Å². The second kappa shape index (κ2) is 44.6. The van der Waals surface area contributed by atoms with Crippen LogP contribution < -0.4 is 34.4 Å². The van der Waals surface area contributed by atoms with E-state index in [2.05, 4.69) is 121 Å². The van der Waals surface area contributed by atoms with Gasteiger partial charge in [-0.2, -0.15) is 20.5 Å². The van der Waals surface area contributed by atoms with Crippen LogP contribution in [0.15, 0.2) is 320 Å². The summed E-state index contributed by atoms with van der Waals surface area (Å²) in [6.07, 6.45) is 29.0. The highest BCUT2D eigenvalue weighted by Crippen LogP contribution is 2.41. The van der Waals surface area contributed by atoms with Gasteiger partial charge >= 0.3 is 0 Å². The highest BCUT2D eigenvalue weighted by Gasteiger charge is 2.25.